The molecule has 2 amide bonds. The number of nitrogens with zero attached hydrogens (tertiary/aromatic N) is 2. The highest BCUT2D eigenvalue weighted by Crippen LogP contribution is 2.13. The first kappa shape index (κ1) is 18.1. The number of halogens is 1. The maximum Gasteiger partial charge on any atom is 0.257 e. The first-order valence-electron chi connectivity index (χ1n) is 7.85. The minimum absolute atomic E-state index is 0.0175. The van der Waals surface area contributed by atoms with Crippen LogP contribution in [0.4, 0.5) is 9.52 Å². The van der Waals surface area contributed by atoms with E-state index in [4.69, 9.17) is 0 Å². The van der Waals surface area contributed by atoms with Crippen LogP contribution in [0.5, 0.6) is 0 Å². The summed E-state index contributed by atoms with van der Waals surface area (Å²) in [6.07, 6.45) is 4.28. The molecular weight excluding hydrogens is 329 g/mol. The van der Waals surface area contributed by atoms with Crippen molar-refractivity contribution in [3.8, 4) is 0 Å². The molecule has 0 atom stereocenters. The third-order valence-corrected chi connectivity index (χ3v) is 4.12. The molecule has 2 rings (SSSR count). The smallest absolute Gasteiger partial charge is 0.257 e. The molecule has 0 spiro atoms. The van der Waals surface area contributed by atoms with Crippen LogP contribution in [0.1, 0.15) is 36.5 Å². The summed E-state index contributed by atoms with van der Waals surface area (Å²) in [6.45, 7) is 2.33. The molecule has 0 radical (unpaired) electrons. The molecule has 7 heteroatoms. The van der Waals surface area contributed by atoms with E-state index >= 15 is 0 Å². The van der Waals surface area contributed by atoms with Crippen LogP contribution in [0.3, 0.4) is 0 Å². The molecule has 2 aromatic rings. The first-order valence-corrected chi connectivity index (χ1v) is 8.73. The summed E-state index contributed by atoms with van der Waals surface area (Å²) in [5, 5.41) is 4.87. The molecule has 1 aromatic heterocycles. The molecule has 0 aliphatic carbocycles. The Hall–Kier alpha value is -2.28. The third kappa shape index (κ3) is 5.13. The van der Waals surface area contributed by atoms with Gasteiger partial charge in [-0.1, -0.05) is 31.9 Å². The van der Waals surface area contributed by atoms with Crippen LogP contribution >= 0.6 is 11.3 Å². The Morgan fingerprint density at radius 3 is 2.75 bits per heavy atom. The fourth-order valence-corrected chi connectivity index (χ4v) is 2.77. The molecule has 0 aliphatic heterocycles. The van der Waals surface area contributed by atoms with Crippen molar-refractivity contribution in [1.29, 1.82) is 0 Å². The van der Waals surface area contributed by atoms with E-state index in [-0.39, 0.29) is 18.0 Å². The average molecular weight is 349 g/mol. The minimum Gasteiger partial charge on any atom is -0.329 e. The van der Waals surface area contributed by atoms with Gasteiger partial charge in [0, 0.05) is 18.1 Å². The molecule has 1 aromatic carbocycles. The first-order chi connectivity index (χ1) is 11.6. The van der Waals surface area contributed by atoms with Crippen molar-refractivity contribution >= 4 is 28.3 Å². The number of unbranched alkanes of at least 4 members (excludes halogenated alkanes) is 2. The third-order valence-electron chi connectivity index (χ3n) is 3.44. The number of carbonyl (C=O) groups is 2. The zero-order chi connectivity index (χ0) is 17.4. The van der Waals surface area contributed by atoms with Crippen molar-refractivity contribution in [2.75, 3.05) is 18.4 Å². The quantitative estimate of drug-likeness (QED) is 0.741. The maximum atomic E-state index is 13.9. The summed E-state index contributed by atoms with van der Waals surface area (Å²) < 4.78 is 13.9. The number of aromatic nitrogens is 1. The lowest BCUT2D eigenvalue weighted by atomic mass is 10.1. The molecule has 24 heavy (non-hydrogen) atoms. The zero-order valence-corrected chi connectivity index (χ0v) is 14.3. The monoisotopic (exact) mass is 349 g/mol. The lowest BCUT2D eigenvalue weighted by Gasteiger charge is -2.22. The number of carbonyl (C=O) groups excluding carboxylic acids is 2. The van der Waals surface area contributed by atoms with Gasteiger partial charge in [-0.2, -0.15) is 0 Å². The van der Waals surface area contributed by atoms with Gasteiger partial charge >= 0.3 is 0 Å². The van der Waals surface area contributed by atoms with Crippen LogP contribution in [0.2, 0.25) is 0 Å². The van der Waals surface area contributed by atoms with E-state index in [1.807, 2.05) is 0 Å². The molecule has 5 nitrogen and oxygen atoms in total. The standard InChI is InChI=1S/C17H20FN3O2S/c1-2-3-6-10-21(12-15(22)20-17-19-9-11-24-17)16(23)13-7-4-5-8-14(13)18/h4-5,7-9,11H,2-3,6,10,12H2,1H3,(H,19,20,22). The van der Waals surface area contributed by atoms with E-state index in [1.54, 1.807) is 17.6 Å². The normalized spacial score (nSPS) is 10.4. The summed E-state index contributed by atoms with van der Waals surface area (Å²) in [4.78, 5) is 30.1. The van der Waals surface area contributed by atoms with Crippen LogP contribution in [0.25, 0.3) is 0 Å². The van der Waals surface area contributed by atoms with E-state index in [0.717, 1.165) is 19.3 Å². The Kier molecular flexibility index (Phi) is 6.87. The highest BCUT2D eigenvalue weighted by atomic mass is 32.1. The summed E-state index contributed by atoms with van der Waals surface area (Å²) in [5.74, 6) is -1.40. The second kappa shape index (κ2) is 9.12. The molecule has 128 valence electrons. The predicted molar refractivity (Wildman–Crippen MR) is 92.6 cm³/mol. The van der Waals surface area contributed by atoms with Gasteiger partial charge in [-0.3, -0.25) is 9.59 Å². The zero-order valence-electron chi connectivity index (χ0n) is 13.5. The second-order valence-corrected chi connectivity index (χ2v) is 6.19. The molecular formula is C17H20FN3O2S. The van der Waals surface area contributed by atoms with Gasteiger partial charge in [0.25, 0.3) is 5.91 Å². The van der Waals surface area contributed by atoms with Crippen molar-refractivity contribution in [1.82, 2.24) is 9.88 Å². The second-order valence-electron chi connectivity index (χ2n) is 5.30. The predicted octanol–water partition coefficient (Wildman–Crippen LogP) is 3.55. The molecule has 0 saturated carbocycles. The SMILES string of the molecule is CCCCCN(CC(=O)Nc1nccs1)C(=O)c1ccccc1F. The summed E-state index contributed by atoms with van der Waals surface area (Å²) >= 11 is 1.30. The van der Waals surface area contributed by atoms with E-state index in [9.17, 15) is 14.0 Å². The Morgan fingerprint density at radius 1 is 1.29 bits per heavy atom. The number of anilines is 1. The maximum absolute atomic E-state index is 13.9. The van der Waals surface area contributed by atoms with Crippen LogP contribution < -0.4 is 5.32 Å². The summed E-state index contributed by atoms with van der Waals surface area (Å²) in [7, 11) is 0. The Bertz CT molecular complexity index is 676. The average Bonchev–Trinajstić information content (AvgIpc) is 3.07. The number of rotatable bonds is 8. The molecule has 0 bridgehead atoms. The fourth-order valence-electron chi connectivity index (χ4n) is 2.23. The number of thiazole rings is 1. The van der Waals surface area contributed by atoms with Gasteiger partial charge < -0.3 is 10.2 Å². The van der Waals surface area contributed by atoms with Gasteiger partial charge in [0.05, 0.1) is 5.56 Å². The van der Waals surface area contributed by atoms with Crippen molar-refractivity contribution in [3.63, 3.8) is 0 Å². The Morgan fingerprint density at radius 2 is 2.08 bits per heavy atom. The molecule has 0 saturated heterocycles. The number of nitrogens with one attached hydrogen (secondary N) is 1. The Balaban J connectivity index is 2.07. The molecule has 0 fully saturated rings. The van der Waals surface area contributed by atoms with E-state index in [0.29, 0.717) is 11.7 Å². The van der Waals surface area contributed by atoms with Gasteiger partial charge in [0.1, 0.15) is 12.4 Å². The number of hydrogen-bond donors (Lipinski definition) is 1. The number of hydrogen-bond acceptors (Lipinski definition) is 4. The summed E-state index contributed by atoms with van der Waals surface area (Å²) in [6, 6.07) is 5.81. The fraction of sp³-hybridized carbons (Fsp3) is 0.353. The van der Waals surface area contributed by atoms with Gasteiger partial charge in [-0.05, 0) is 18.6 Å². The van der Waals surface area contributed by atoms with Crippen LogP contribution in [0, 0.1) is 5.82 Å². The van der Waals surface area contributed by atoms with E-state index in [1.165, 1.54) is 34.4 Å². The lowest BCUT2D eigenvalue weighted by molar-refractivity contribution is -0.116. The van der Waals surface area contributed by atoms with E-state index < -0.39 is 11.7 Å². The molecule has 0 aliphatic rings. The minimum atomic E-state index is -0.580. The van der Waals surface area contributed by atoms with Crippen molar-refractivity contribution in [3.05, 3.63) is 47.2 Å². The number of amides is 2. The van der Waals surface area contributed by atoms with Crippen LogP contribution in [-0.4, -0.2) is 34.8 Å². The number of benzene rings is 1. The van der Waals surface area contributed by atoms with Crippen LogP contribution in [0.15, 0.2) is 35.8 Å². The molecule has 0 unspecified atom stereocenters. The van der Waals surface area contributed by atoms with Crippen molar-refractivity contribution in [2.45, 2.75) is 26.2 Å². The topological polar surface area (TPSA) is 62.3 Å². The van der Waals surface area contributed by atoms with E-state index in [2.05, 4.69) is 17.2 Å². The van der Waals surface area contributed by atoms with Gasteiger partial charge in [0.15, 0.2) is 5.13 Å². The molecule has 1 N–H and O–H groups in total. The lowest BCUT2D eigenvalue weighted by Crippen LogP contribution is -2.39. The van der Waals surface area contributed by atoms with Crippen LogP contribution in [-0.2, 0) is 4.79 Å². The van der Waals surface area contributed by atoms with Gasteiger partial charge in [-0.25, -0.2) is 9.37 Å². The largest absolute Gasteiger partial charge is 0.329 e. The van der Waals surface area contributed by atoms with Crippen molar-refractivity contribution in [2.24, 2.45) is 0 Å². The van der Waals surface area contributed by atoms with Gasteiger partial charge in [-0.15, -0.1) is 11.3 Å². The van der Waals surface area contributed by atoms with Gasteiger partial charge in [0.2, 0.25) is 5.91 Å². The van der Waals surface area contributed by atoms with Crippen molar-refractivity contribution < 1.29 is 14.0 Å². The molecule has 1 heterocycles. The highest BCUT2D eigenvalue weighted by Gasteiger charge is 2.21. The summed E-state index contributed by atoms with van der Waals surface area (Å²) in [5.41, 5.74) is -0.0175. The highest BCUT2D eigenvalue weighted by molar-refractivity contribution is 7.13. The Labute approximate surface area is 144 Å².